The molecule has 0 heterocycles. The van der Waals surface area contributed by atoms with Crippen LogP contribution in [0.4, 0.5) is 0 Å². The van der Waals surface area contributed by atoms with Crippen LogP contribution in [0, 0.1) is 0 Å². The van der Waals surface area contributed by atoms with E-state index in [0.717, 1.165) is 0 Å². The lowest BCUT2D eigenvalue weighted by molar-refractivity contribution is -0.136. The van der Waals surface area contributed by atoms with Crippen molar-refractivity contribution in [1.29, 1.82) is 0 Å². The van der Waals surface area contributed by atoms with Crippen LogP contribution in [-0.4, -0.2) is 13.4 Å². The Balaban J connectivity index is 3.91. The zero-order chi connectivity index (χ0) is 6.78. The van der Waals surface area contributed by atoms with Gasteiger partial charge in [0, 0.05) is 0 Å². The fourth-order valence-corrected chi connectivity index (χ4v) is 0.151. The van der Waals surface area contributed by atoms with Crippen molar-refractivity contribution in [3.63, 3.8) is 0 Å². The molecule has 2 nitrogen and oxygen atoms in total. The second-order valence-electron chi connectivity index (χ2n) is 1.36. The van der Waals surface area contributed by atoms with E-state index in [-0.39, 0.29) is 0 Å². The van der Waals surface area contributed by atoms with Crippen LogP contribution in [0.1, 0.15) is 13.3 Å². The molecule has 0 aliphatic heterocycles. The molecule has 4 heteroatoms. The number of carbonyl (C=O) groups is 1. The van der Waals surface area contributed by atoms with E-state index in [4.69, 9.17) is 5.11 Å². The molecule has 0 aromatic carbocycles. The summed E-state index contributed by atoms with van der Waals surface area (Å²) in [5.74, 6) is -0.819. The van der Waals surface area contributed by atoms with Gasteiger partial charge in [0.2, 0.25) is 0 Å². The summed E-state index contributed by atoms with van der Waals surface area (Å²) in [6, 6.07) is 0. The molecule has 1 unspecified atom stereocenters. The van der Waals surface area contributed by atoms with Crippen molar-refractivity contribution in [2.75, 3.05) is 0 Å². The fraction of sp³-hybridized carbons (Fsp3) is 0.750. The Bertz CT molecular complexity index is 102. The number of carboxylic acids is 1. The molecule has 0 aliphatic carbocycles. The Labute approximate surface area is 69.9 Å². The Morgan fingerprint density at radius 2 is 2.38 bits per heavy atom. The first kappa shape index (κ1) is 8.68. The summed E-state index contributed by atoms with van der Waals surface area (Å²) in [5.41, 5.74) is 0. The van der Waals surface area contributed by atoms with Crippen LogP contribution < -0.4 is 0 Å². The number of hydrogen-bond acceptors (Lipinski definition) is 1. The highest BCUT2D eigenvalue weighted by Gasteiger charge is 2.28. The molecule has 48 valence electrons. The first-order valence-electron chi connectivity index (χ1n) is 2.12. The van der Waals surface area contributed by atoms with E-state index < -0.39 is 8.30 Å². The minimum Gasteiger partial charge on any atom is -0.480 e. The summed E-state index contributed by atoms with van der Waals surface area (Å²) in [7, 11) is 0. The number of alkyl halides is 2. The first-order valence-corrected chi connectivity index (χ1v) is 3.99. The number of halogens is 2. The zero-order valence-electron chi connectivity index (χ0n) is 4.32. The van der Waals surface area contributed by atoms with Gasteiger partial charge in [0.1, 0.15) is 0 Å². The monoisotopic (exact) mass is 292 g/mol. The number of hydrogen-bond donors (Lipinski definition) is 1. The molecule has 1 atom stereocenters. The SMILES string of the molecule is CCC(Br)(I)C(=O)O. The quantitative estimate of drug-likeness (QED) is 0.624. The maximum absolute atomic E-state index is 10.2. The third-order valence-electron chi connectivity index (χ3n) is 0.757. The van der Waals surface area contributed by atoms with E-state index in [0.29, 0.717) is 6.42 Å². The molecule has 1 N–H and O–H groups in total. The lowest BCUT2D eigenvalue weighted by Crippen LogP contribution is -2.22. The van der Waals surface area contributed by atoms with Crippen LogP contribution in [0.15, 0.2) is 0 Å². The van der Waals surface area contributed by atoms with E-state index in [2.05, 4.69) is 15.9 Å². The molecule has 0 saturated heterocycles. The first-order chi connectivity index (χ1) is 3.50. The number of carboxylic acid groups (broad SMARTS) is 1. The van der Waals surface area contributed by atoms with Gasteiger partial charge in [-0.25, -0.2) is 4.79 Å². The summed E-state index contributed by atoms with van der Waals surface area (Å²) < 4.78 is -0.759. The van der Waals surface area contributed by atoms with Crippen LogP contribution in [0.3, 0.4) is 0 Å². The molecular formula is C4H6BrIO2. The van der Waals surface area contributed by atoms with Gasteiger partial charge in [0.15, 0.2) is 2.33 Å². The van der Waals surface area contributed by atoms with Crippen LogP contribution >= 0.6 is 38.5 Å². The average Bonchev–Trinajstić information content (AvgIpc) is 1.67. The number of aliphatic carboxylic acids is 1. The van der Waals surface area contributed by atoms with Crippen molar-refractivity contribution in [2.45, 2.75) is 15.7 Å². The largest absolute Gasteiger partial charge is 0.480 e. The Morgan fingerprint density at radius 1 is 2.00 bits per heavy atom. The van der Waals surface area contributed by atoms with E-state index >= 15 is 0 Å². The van der Waals surface area contributed by atoms with Crippen molar-refractivity contribution in [1.82, 2.24) is 0 Å². The summed E-state index contributed by atoms with van der Waals surface area (Å²) >= 11 is 4.88. The Kier molecular flexibility index (Phi) is 3.26. The molecule has 8 heavy (non-hydrogen) atoms. The van der Waals surface area contributed by atoms with Gasteiger partial charge >= 0.3 is 5.97 Å². The molecule has 0 bridgehead atoms. The van der Waals surface area contributed by atoms with E-state index in [1.54, 1.807) is 0 Å². The van der Waals surface area contributed by atoms with Gasteiger partial charge in [0.25, 0.3) is 0 Å². The molecule has 0 aromatic rings. The Hall–Kier alpha value is 0.680. The summed E-state index contributed by atoms with van der Waals surface area (Å²) in [5, 5.41) is 8.39. The minimum absolute atomic E-state index is 0.586. The maximum Gasteiger partial charge on any atom is 0.330 e. The van der Waals surface area contributed by atoms with Gasteiger partial charge in [-0.2, -0.15) is 0 Å². The van der Waals surface area contributed by atoms with Crippen molar-refractivity contribution in [2.24, 2.45) is 0 Å². The highest BCUT2D eigenvalue weighted by atomic mass is 127. The van der Waals surface area contributed by atoms with Gasteiger partial charge < -0.3 is 5.11 Å². The van der Waals surface area contributed by atoms with Gasteiger partial charge in [-0.1, -0.05) is 45.4 Å². The van der Waals surface area contributed by atoms with E-state index in [1.807, 2.05) is 29.5 Å². The Morgan fingerprint density at radius 3 is 2.38 bits per heavy atom. The van der Waals surface area contributed by atoms with Crippen molar-refractivity contribution in [3.8, 4) is 0 Å². The molecule has 0 radical (unpaired) electrons. The van der Waals surface area contributed by atoms with Gasteiger partial charge in [-0.3, -0.25) is 0 Å². The molecule has 0 fully saturated rings. The molecule has 0 aliphatic rings. The van der Waals surface area contributed by atoms with Gasteiger partial charge in [0.05, 0.1) is 0 Å². The van der Waals surface area contributed by atoms with Crippen molar-refractivity contribution < 1.29 is 9.90 Å². The third-order valence-corrected chi connectivity index (χ3v) is 2.88. The molecule has 0 amide bonds. The zero-order valence-corrected chi connectivity index (χ0v) is 8.06. The van der Waals surface area contributed by atoms with E-state index in [9.17, 15) is 4.79 Å². The fourth-order valence-electron chi connectivity index (χ4n) is 0.151. The standard InChI is InChI=1S/C4H6BrIO2/c1-2-4(5,6)3(7)8/h2H2,1H3,(H,7,8). The topological polar surface area (TPSA) is 37.3 Å². The van der Waals surface area contributed by atoms with Gasteiger partial charge in [-0.15, -0.1) is 0 Å². The minimum atomic E-state index is -0.819. The van der Waals surface area contributed by atoms with E-state index in [1.165, 1.54) is 0 Å². The van der Waals surface area contributed by atoms with Crippen molar-refractivity contribution >= 4 is 44.5 Å². The van der Waals surface area contributed by atoms with Crippen molar-refractivity contribution in [3.05, 3.63) is 0 Å². The lowest BCUT2D eigenvalue weighted by Gasteiger charge is -2.09. The summed E-state index contributed by atoms with van der Waals surface area (Å²) in [4.78, 5) is 10.2. The predicted molar refractivity (Wildman–Crippen MR) is 43.6 cm³/mol. The predicted octanol–water partition coefficient (Wildman–Crippen LogP) is 2.01. The molecule has 0 aromatic heterocycles. The normalized spacial score (nSPS) is 17.4. The lowest BCUT2D eigenvalue weighted by atomic mass is 10.3. The molecule has 0 saturated carbocycles. The highest BCUT2D eigenvalue weighted by Crippen LogP contribution is 2.30. The van der Waals surface area contributed by atoms with Crippen LogP contribution in [0.5, 0.6) is 0 Å². The van der Waals surface area contributed by atoms with Gasteiger partial charge in [-0.05, 0) is 6.42 Å². The highest BCUT2D eigenvalue weighted by molar-refractivity contribution is 14.1. The maximum atomic E-state index is 10.2. The molecule has 0 spiro atoms. The summed E-state index contributed by atoms with van der Waals surface area (Å²) in [6.45, 7) is 1.81. The number of rotatable bonds is 2. The molecule has 0 rings (SSSR count). The van der Waals surface area contributed by atoms with Crippen LogP contribution in [-0.2, 0) is 4.79 Å². The third kappa shape index (κ3) is 2.30. The second kappa shape index (κ2) is 3.00. The van der Waals surface area contributed by atoms with Crippen LogP contribution in [0.25, 0.3) is 0 Å². The smallest absolute Gasteiger partial charge is 0.330 e. The molecular weight excluding hydrogens is 287 g/mol. The van der Waals surface area contributed by atoms with Crippen LogP contribution in [0.2, 0.25) is 0 Å². The summed E-state index contributed by atoms with van der Waals surface area (Å²) in [6.07, 6.45) is 0.586. The average molecular weight is 293 g/mol. The second-order valence-corrected chi connectivity index (χ2v) is 6.04.